The smallest absolute Gasteiger partial charge is 0.343 e. The Hall–Kier alpha value is -4.02. The maximum absolute atomic E-state index is 12.8. The predicted octanol–water partition coefficient (Wildman–Crippen LogP) is 1.56. The molecule has 2 aromatic carbocycles. The van der Waals surface area contributed by atoms with E-state index in [2.05, 4.69) is 19.8 Å². The Labute approximate surface area is 249 Å². The number of nitrogens with one attached hydrogen (secondary N) is 1. The van der Waals surface area contributed by atoms with Crippen LogP contribution in [0.5, 0.6) is 11.5 Å². The van der Waals surface area contributed by atoms with Gasteiger partial charge in [-0.1, -0.05) is 23.5 Å². The largest absolute Gasteiger partial charge is 0.493 e. The molecule has 0 aliphatic rings. The van der Waals surface area contributed by atoms with Crippen molar-refractivity contribution in [1.82, 2.24) is 15.6 Å². The van der Waals surface area contributed by atoms with E-state index in [0.29, 0.717) is 29.7 Å². The summed E-state index contributed by atoms with van der Waals surface area (Å²) in [5.74, 6) is -1.39. The lowest BCUT2D eigenvalue weighted by molar-refractivity contribution is -0.492. The number of unbranched alkanes of at least 4 members (excludes halogenated alkanes) is 1. The van der Waals surface area contributed by atoms with Gasteiger partial charge in [-0.15, -0.1) is 10.2 Å². The SMILES string of the molecule is COc1cc(/C=C/C(=O)OCCCCON(O)O)ccc1OC(=O)c1cccc(S(=O)(=O)Nc2nnc(S(N)(=O)=O)s2)c1. The molecule has 17 nitrogen and oxygen atoms in total. The van der Waals surface area contributed by atoms with Crippen LogP contribution in [0.3, 0.4) is 0 Å². The van der Waals surface area contributed by atoms with Crippen LogP contribution in [-0.2, 0) is 34.4 Å². The van der Waals surface area contributed by atoms with Gasteiger partial charge in [0, 0.05) is 6.08 Å². The normalized spacial score (nSPS) is 11.9. The zero-order valence-electron chi connectivity index (χ0n) is 22.1. The van der Waals surface area contributed by atoms with Crippen molar-refractivity contribution in [2.45, 2.75) is 22.1 Å². The molecule has 232 valence electrons. The van der Waals surface area contributed by atoms with Crippen LogP contribution in [0, 0.1) is 0 Å². The van der Waals surface area contributed by atoms with Crippen LogP contribution in [0.2, 0.25) is 0 Å². The maximum Gasteiger partial charge on any atom is 0.343 e. The summed E-state index contributed by atoms with van der Waals surface area (Å²) >= 11 is 0.409. The molecule has 20 heteroatoms. The van der Waals surface area contributed by atoms with Crippen LogP contribution in [0.4, 0.5) is 5.13 Å². The van der Waals surface area contributed by atoms with Crippen molar-refractivity contribution >= 4 is 54.5 Å². The van der Waals surface area contributed by atoms with Gasteiger partial charge in [-0.3, -0.25) is 20.0 Å². The number of benzene rings is 2. The Bertz CT molecular complexity index is 1690. The predicted molar refractivity (Wildman–Crippen MR) is 147 cm³/mol. The van der Waals surface area contributed by atoms with Crippen molar-refractivity contribution in [1.29, 1.82) is 0 Å². The number of sulfonamides is 2. The summed E-state index contributed by atoms with van der Waals surface area (Å²) in [7, 11) is -7.15. The number of rotatable bonds is 15. The lowest BCUT2D eigenvalue weighted by Crippen LogP contribution is -2.15. The molecule has 0 bridgehead atoms. The molecule has 3 aromatic rings. The second-order valence-corrected chi connectivity index (χ2v) is 12.5. The highest BCUT2D eigenvalue weighted by molar-refractivity contribution is 7.93. The van der Waals surface area contributed by atoms with Gasteiger partial charge in [0.25, 0.3) is 20.0 Å². The topological polar surface area (TPSA) is 247 Å². The molecule has 5 N–H and O–H groups in total. The molecule has 3 rings (SSSR count). The Balaban J connectivity index is 1.63. The van der Waals surface area contributed by atoms with E-state index in [4.69, 9.17) is 29.8 Å². The molecule has 0 aliphatic heterocycles. The molecular weight excluding hydrogens is 634 g/mol. The minimum absolute atomic E-state index is 0.00883. The van der Waals surface area contributed by atoms with Gasteiger partial charge < -0.3 is 14.2 Å². The summed E-state index contributed by atoms with van der Waals surface area (Å²) in [6, 6.07) is 9.30. The summed E-state index contributed by atoms with van der Waals surface area (Å²) in [5.41, 5.74) is 0.380. The first-order valence-electron chi connectivity index (χ1n) is 11.8. The van der Waals surface area contributed by atoms with E-state index in [-0.39, 0.29) is 40.3 Å². The molecule has 43 heavy (non-hydrogen) atoms. The summed E-state index contributed by atoms with van der Waals surface area (Å²) in [6.45, 7) is 0.109. The van der Waals surface area contributed by atoms with E-state index in [1.165, 1.54) is 55.7 Å². The van der Waals surface area contributed by atoms with Crippen LogP contribution in [-0.4, -0.2) is 75.1 Å². The lowest BCUT2D eigenvalue weighted by atomic mass is 10.2. The number of hydrogen-bond acceptors (Lipinski definition) is 16. The van der Waals surface area contributed by atoms with Crippen molar-refractivity contribution in [2.24, 2.45) is 5.14 Å². The molecule has 0 amide bonds. The molecule has 0 saturated carbocycles. The monoisotopic (exact) mass is 659 g/mol. The number of carbonyl (C=O) groups is 2. The molecule has 0 radical (unpaired) electrons. The molecule has 0 fully saturated rings. The van der Waals surface area contributed by atoms with Crippen molar-refractivity contribution in [3.63, 3.8) is 0 Å². The molecule has 0 aliphatic carbocycles. The second kappa shape index (κ2) is 14.9. The average molecular weight is 660 g/mol. The van der Waals surface area contributed by atoms with Crippen molar-refractivity contribution < 1.29 is 55.9 Å². The van der Waals surface area contributed by atoms with Gasteiger partial charge in [-0.25, -0.2) is 31.6 Å². The number of aromatic nitrogens is 2. The highest BCUT2D eigenvalue weighted by Crippen LogP contribution is 2.30. The Morgan fingerprint density at radius 2 is 1.79 bits per heavy atom. The highest BCUT2D eigenvalue weighted by atomic mass is 32.2. The minimum atomic E-state index is -4.30. The van der Waals surface area contributed by atoms with Crippen LogP contribution in [0.15, 0.2) is 57.8 Å². The summed E-state index contributed by atoms with van der Waals surface area (Å²) in [5, 5.41) is 27.8. The molecule has 0 atom stereocenters. The van der Waals surface area contributed by atoms with Gasteiger partial charge in [0.15, 0.2) is 11.5 Å². The number of nitrogens with two attached hydrogens (primary N) is 1. The Kier molecular flexibility index (Phi) is 11.6. The second-order valence-electron chi connectivity index (χ2n) is 8.15. The third-order valence-electron chi connectivity index (χ3n) is 5.04. The number of methoxy groups -OCH3 is 1. The van der Waals surface area contributed by atoms with Crippen molar-refractivity contribution in [3.05, 3.63) is 59.7 Å². The fourth-order valence-corrected chi connectivity index (χ4v) is 5.71. The number of hydrogen-bond donors (Lipinski definition) is 4. The third kappa shape index (κ3) is 10.3. The standard InChI is InChI=1S/C23H25N5O12S3/c1-37-19-13-15(8-10-20(29)38-11-2-3-12-39-28(31)32)7-9-18(19)40-21(30)16-5-4-6-17(14-16)43(35,36)27-22-25-26-23(41-22)42(24,33)34/h4-10,13-14,31-32H,2-3,11-12H2,1H3,(H,25,27)(H2,24,33,34)/b10-8+. The molecule has 0 spiro atoms. The number of esters is 2. The van der Waals surface area contributed by atoms with Gasteiger partial charge in [0.1, 0.15) is 0 Å². The maximum atomic E-state index is 12.8. The number of nitrogens with zero attached hydrogens (tertiary/aromatic N) is 3. The lowest BCUT2D eigenvalue weighted by Gasteiger charge is -2.11. The van der Waals surface area contributed by atoms with E-state index >= 15 is 0 Å². The van der Waals surface area contributed by atoms with E-state index in [1.807, 2.05) is 0 Å². The van der Waals surface area contributed by atoms with Gasteiger partial charge in [-0.2, -0.15) is 0 Å². The van der Waals surface area contributed by atoms with Gasteiger partial charge in [-0.05, 0) is 54.8 Å². The van der Waals surface area contributed by atoms with Gasteiger partial charge >= 0.3 is 11.9 Å². The first-order chi connectivity index (χ1) is 20.3. The van der Waals surface area contributed by atoms with Crippen LogP contribution < -0.4 is 19.3 Å². The molecular formula is C23H25N5O12S3. The summed E-state index contributed by atoms with van der Waals surface area (Å²) in [6.07, 6.45) is 3.47. The van der Waals surface area contributed by atoms with Gasteiger partial charge in [0.05, 0.1) is 36.2 Å². The first-order valence-corrected chi connectivity index (χ1v) is 15.7. The van der Waals surface area contributed by atoms with Gasteiger partial charge in [0.2, 0.25) is 9.47 Å². The number of ether oxygens (including phenoxy) is 3. The van der Waals surface area contributed by atoms with E-state index < -0.39 is 41.7 Å². The van der Waals surface area contributed by atoms with Crippen molar-refractivity contribution in [2.75, 3.05) is 25.0 Å². The molecule has 1 heterocycles. The molecule has 0 unspecified atom stereocenters. The molecule has 0 saturated heterocycles. The van der Waals surface area contributed by atoms with E-state index in [9.17, 15) is 26.4 Å². The van der Waals surface area contributed by atoms with Crippen LogP contribution >= 0.6 is 11.3 Å². The summed E-state index contributed by atoms with van der Waals surface area (Å²) in [4.78, 5) is 28.8. The number of primary sulfonamides is 1. The Morgan fingerprint density at radius 3 is 2.47 bits per heavy atom. The zero-order chi connectivity index (χ0) is 31.6. The minimum Gasteiger partial charge on any atom is -0.493 e. The summed E-state index contributed by atoms with van der Waals surface area (Å²) < 4.78 is 65.5. The van der Waals surface area contributed by atoms with E-state index in [1.54, 1.807) is 0 Å². The fourth-order valence-electron chi connectivity index (χ4n) is 3.10. The third-order valence-corrected chi connectivity index (χ3v) is 8.66. The molecule has 1 aromatic heterocycles. The average Bonchev–Trinajstić information content (AvgIpc) is 3.42. The number of anilines is 1. The first kappa shape index (κ1) is 33.5. The number of carbonyl (C=O) groups excluding carboxylic acids is 2. The fraction of sp³-hybridized carbons (Fsp3) is 0.217. The van der Waals surface area contributed by atoms with E-state index in [0.717, 1.165) is 6.07 Å². The highest BCUT2D eigenvalue weighted by Gasteiger charge is 2.22. The van der Waals surface area contributed by atoms with Crippen LogP contribution in [0.1, 0.15) is 28.8 Å². The van der Waals surface area contributed by atoms with Crippen molar-refractivity contribution in [3.8, 4) is 11.5 Å². The quantitative estimate of drug-likeness (QED) is 0.0594. The zero-order valence-corrected chi connectivity index (χ0v) is 24.6. The van der Waals surface area contributed by atoms with Crippen LogP contribution in [0.25, 0.3) is 6.08 Å². The Morgan fingerprint density at radius 1 is 1.05 bits per heavy atom.